The van der Waals surface area contributed by atoms with E-state index in [1.807, 2.05) is 6.92 Å². The van der Waals surface area contributed by atoms with Crippen molar-refractivity contribution >= 4 is 46.7 Å². The third-order valence-electron chi connectivity index (χ3n) is 4.66. The van der Waals surface area contributed by atoms with Gasteiger partial charge in [0.25, 0.3) is 0 Å². The van der Waals surface area contributed by atoms with Crippen molar-refractivity contribution in [3.05, 3.63) is 70.3 Å². The predicted molar refractivity (Wildman–Crippen MR) is 131 cm³/mol. The molecule has 1 aromatic heterocycles. The molecule has 2 amide bonds. The van der Waals surface area contributed by atoms with E-state index >= 15 is 0 Å². The summed E-state index contributed by atoms with van der Waals surface area (Å²) in [7, 11) is 3.20. The molecule has 10 heteroatoms. The highest BCUT2D eigenvalue weighted by molar-refractivity contribution is 6.42. The van der Waals surface area contributed by atoms with Gasteiger partial charge in [0.05, 0.1) is 29.4 Å². The third-order valence-corrected chi connectivity index (χ3v) is 5.52. The highest BCUT2D eigenvalue weighted by Gasteiger charge is 2.21. The second-order valence-electron chi connectivity index (χ2n) is 7.14. The van der Waals surface area contributed by atoms with E-state index in [9.17, 15) is 4.79 Å². The van der Waals surface area contributed by atoms with Gasteiger partial charge in [-0.3, -0.25) is 0 Å². The van der Waals surface area contributed by atoms with E-state index in [0.717, 1.165) is 0 Å². The highest BCUT2D eigenvalue weighted by atomic mass is 35.5. The molecule has 8 nitrogen and oxygen atoms in total. The minimum atomic E-state index is -0.397. The van der Waals surface area contributed by atoms with Gasteiger partial charge >= 0.3 is 6.03 Å². The molecule has 0 fully saturated rings. The molecule has 0 aliphatic rings. The van der Waals surface area contributed by atoms with E-state index in [1.54, 1.807) is 68.9 Å². The number of carbonyl (C=O) groups is 1. The molecule has 3 rings (SSSR count). The number of rotatable bonds is 9. The van der Waals surface area contributed by atoms with Crippen LogP contribution >= 0.6 is 23.2 Å². The number of anilines is 3. The van der Waals surface area contributed by atoms with Crippen LogP contribution in [0.25, 0.3) is 0 Å². The van der Waals surface area contributed by atoms with E-state index < -0.39 is 6.03 Å². The summed E-state index contributed by atoms with van der Waals surface area (Å²) in [4.78, 5) is 23.5. The van der Waals surface area contributed by atoms with Gasteiger partial charge in [-0.2, -0.15) is 4.98 Å². The number of ether oxygens (including phenoxy) is 2. The molecule has 0 bridgehead atoms. The Hall–Kier alpha value is -3.07. The number of methoxy groups -OCH3 is 2. The van der Waals surface area contributed by atoms with Crippen LogP contribution in [0.5, 0.6) is 5.75 Å². The number of benzene rings is 2. The van der Waals surface area contributed by atoms with E-state index in [1.165, 1.54) is 4.90 Å². The minimum absolute atomic E-state index is 0.0153. The fourth-order valence-electron chi connectivity index (χ4n) is 3.08. The van der Waals surface area contributed by atoms with Crippen LogP contribution in [0.1, 0.15) is 12.5 Å². The van der Waals surface area contributed by atoms with Gasteiger partial charge in [0.2, 0.25) is 5.95 Å². The largest absolute Gasteiger partial charge is 0.497 e. The lowest BCUT2D eigenvalue weighted by molar-refractivity contribution is 0.190. The Kier molecular flexibility index (Phi) is 8.71. The number of hydrogen-bond acceptors (Lipinski definition) is 6. The number of nitrogens with one attached hydrogen (secondary N) is 2. The summed E-state index contributed by atoms with van der Waals surface area (Å²) in [5.41, 5.74) is 1.30. The van der Waals surface area contributed by atoms with Gasteiger partial charge in [-0.1, -0.05) is 35.3 Å². The number of halogens is 2. The van der Waals surface area contributed by atoms with Crippen molar-refractivity contribution in [1.82, 2.24) is 15.3 Å². The molecule has 2 N–H and O–H groups in total. The highest BCUT2D eigenvalue weighted by Crippen LogP contribution is 2.28. The lowest BCUT2D eigenvalue weighted by Crippen LogP contribution is -2.37. The van der Waals surface area contributed by atoms with Crippen LogP contribution in [0, 0.1) is 0 Å². The topological polar surface area (TPSA) is 88.6 Å². The molecule has 33 heavy (non-hydrogen) atoms. The summed E-state index contributed by atoms with van der Waals surface area (Å²) < 4.78 is 10.4. The normalized spacial score (nSPS) is 11.5. The number of aromatic nitrogens is 2. The van der Waals surface area contributed by atoms with Gasteiger partial charge in [0.15, 0.2) is 0 Å². The maximum absolute atomic E-state index is 13.3. The van der Waals surface area contributed by atoms with Crippen LogP contribution in [-0.2, 0) is 11.3 Å². The van der Waals surface area contributed by atoms with Crippen LogP contribution in [-0.4, -0.2) is 42.9 Å². The summed E-state index contributed by atoms with van der Waals surface area (Å²) in [6, 6.07) is 13.6. The predicted octanol–water partition coefficient (Wildman–Crippen LogP) is 5.29. The Labute approximate surface area is 202 Å². The molecule has 3 aromatic rings. The van der Waals surface area contributed by atoms with Crippen molar-refractivity contribution < 1.29 is 14.3 Å². The van der Waals surface area contributed by atoms with Crippen LogP contribution in [0.3, 0.4) is 0 Å². The van der Waals surface area contributed by atoms with Crippen molar-refractivity contribution in [3.63, 3.8) is 0 Å². The third kappa shape index (κ3) is 6.47. The Balaban J connectivity index is 1.89. The molecule has 1 atom stereocenters. The molecule has 0 aliphatic heterocycles. The molecular formula is C23H25Cl2N5O3. The first kappa shape index (κ1) is 24.6. The molecular weight excluding hydrogens is 465 g/mol. The van der Waals surface area contributed by atoms with Crippen molar-refractivity contribution in [2.24, 2.45) is 0 Å². The smallest absolute Gasteiger partial charge is 0.327 e. The quantitative estimate of drug-likeness (QED) is 0.424. The number of carbonyl (C=O) groups excluding carboxylic acids is 1. The monoisotopic (exact) mass is 489 g/mol. The van der Waals surface area contributed by atoms with E-state index in [4.69, 9.17) is 32.7 Å². The van der Waals surface area contributed by atoms with Gasteiger partial charge in [-0.25, -0.2) is 14.7 Å². The maximum Gasteiger partial charge on any atom is 0.327 e. The molecule has 174 valence electrons. The second-order valence-corrected chi connectivity index (χ2v) is 7.93. The van der Waals surface area contributed by atoms with Gasteiger partial charge < -0.3 is 20.1 Å². The SMILES string of the molecule is COCC(C)Nc1nccc(N(C(=O)NCc2cccc(Cl)c2Cl)c2ccc(OC)cc2)n1. The molecule has 0 spiro atoms. The number of nitrogens with zero attached hydrogens (tertiary/aromatic N) is 3. The van der Waals surface area contributed by atoms with Gasteiger partial charge in [-0.05, 0) is 42.8 Å². The molecule has 1 heterocycles. The van der Waals surface area contributed by atoms with Crippen LogP contribution in [0.2, 0.25) is 10.0 Å². The standard InChI is InChI=1S/C23H25Cl2N5O3/c1-15(14-32-2)28-22-26-12-11-20(29-22)30(17-7-9-18(33-3)10-8-17)23(31)27-13-16-5-4-6-19(24)21(16)25/h4-12,15H,13-14H2,1-3H3,(H,27,31)(H,26,28,29). The summed E-state index contributed by atoms with van der Waals surface area (Å²) >= 11 is 12.4. The zero-order chi connectivity index (χ0) is 23.8. The zero-order valence-corrected chi connectivity index (χ0v) is 20.0. The molecule has 0 saturated heterocycles. The van der Waals surface area contributed by atoms with Gasteiger partial charge in [0.1, 0.15) is 11.6 Å². The van der Waals surface area contributed by atoms with Crippen molar-refractivity contribution in [2.75, 3.05) is 31.0 Å². The van der Waals surface area contributed by atoms with E-state index in [0.29, 0.717) is 45.4 Å². The first-order valence-corrected chi connectivity index (χ1v) is 10.9. The fourth-order valence-corrected chi connectivity index (χ4v) is 3.46. The summed E-state index contributed by atoms with van der Waals surface area (Å²) in [5, 5.41) is 6.87. The second kappa shape index (κ2) is 11.7. The fraction of sp³-hybridized carbons (Fsp3) is 0.261. The zero-order valence-electron chi connectivity index (χ0n) is 18.5. The van der Waals surface area contributed by atoms with Gasteiger partial charge in [0, 0.05) is 32.0 Å². The van der Waals surface area contributed by atoms with Crippen LogP contribution in [0.4, 0.5) is 22.2 Å². The number of hydrogen-bond donors (Lipinski definition) is 2. The average molecular weight is 490 g/mol. The Morgan fingerprint density at radius 2 is 1.88 bits per heavy atom. The maximum atomic E-state index is 13.3. The average Bonchev–Trinajstić information content (AvgIpc) is 2.81. The molecule has 0 radical (unpaired) electrons. The summed E-state index contributed by atoms with van der Waals surface area (Å²) in [6.07, 6.45) is 1.59. The lowest BCUT2D eigenvalue weighted by atomic mass is 10.2. The minimum Gasteiger partial charge on any atom is -0.497 e. The molecule has 0 aliphatic carbocycles. The Morgan fingerprint density at radius 3 is 2.58 bits per heavy atom. The van der Waals surface area contributed by atoms with E-state index in [2.05, 4.69) is 20.6 Å². The number of urea groups is 1. The summed E-state index contributed by atoms with van der Waals surface area (Å²) in [5.74, 6) is 1.43. The molecule has 2 aromatic carbocycles. The number of amides is 2. The lowest BCUT2D eigenvalue weighted by Gasteiger charge is -2.23. The Bertz CT molecular complexity index is 1080. The first-order chi connectivity index (χ1) is 15.9. The van der Waals surface area contributed by atoms with Gasteiger partial charge in [-0.15, -0.1) is 0 Å². The van der Waals surface area contributed by atoms with Crippen LogP contribution in [0.15, 0.2) is 54.7 Å². The molecule has 1 unspecified atom stereocenters. The first-order valence-electron chi connectivity index (χ1n) is 10.2. The molecule has 0 saturated carbocycles. The Morgan fingerprint density at radius 1 is 1.12 bits per heavy atom. The van der Waals surface area contributed by atoms with Crippen molar-refractivity contribution in [3.8, 4) is 5.75 Å². The van der Waals surface area contributed by atoms with Crippen molar-refractivity contribution in [2.45, 2.75) is 19.5 Å². The van der Waals surface area contributed by atoms with E-state index in [-0.39, 0.29) is 12.6 Å². The van der Waals surface area contributed by atoms with Crippen molar-refractivity contribution in [1.29, 1.82) is 0 Å². The summed E-state index contributed by atoms with van der Waals surface area (Å²) in [6.45, 7) is 2.62. The van der Waals surface area contributed by atoms with Crippen LogP contribution < -0.4 is 20.3 Å².